The lowest BCUT2D eigenvalue weighted by molar-refractivity contribution is 0.693. The minimum absolute atomic E-state index is 0.601. The van der Waals surface area contributed by atoms with Crippen LogP contribution in [0.2, 0.25) is 0 Å². The first kappa shape index (κ1) is 8.54. The van der Waals surface area contributed by atoms with Crippen molar-refractivity contribution in [1.29, 1.82) is 0 Å². The molecule has 0 bridgehead atoms. The normalized spacial score (nSPS) is 18.3. The fourth-order valence-electron chi connectivity index (χ4n) is 1.53. The summed E-state index contributed by atoms with van der Waals surface area (Å²) in [5.74, 6) is 0.890. The number of rotatable bonds is 3. The Balaban J connectivity index is 1.96. The number of nitrogens with one attached hydrogen (secondary N) is 1. The second-order valence-electron chi connectivity index (χ2n) is 3.96. The van der Waals surface area contributed by atoms with Gasteiger partial charge >= 0.3 is 0 Å². The molecule has 1 atom stereocenters. The lowest BCUT2D eigenvalue weighted by atomic mass is 10.2. The Morgan fingerprint density at radius 3 is 2.77 bits per heavy atom. The van der Waals surface area contributed by atoms with Crippen LogP contribution in [0.3, 0.4) is 0 Å². The van der Waals surface area contributed by atoms with Crippen molar-refractivity contribution in [1.82, 2.24) is 4.98 Å². The number of aromatic nitrogens is 1. The van der Waals surface area contributed by atoms with E-state index in [9.17, 15) is 0 Å². The molecule has 0 radical (unpaired) electrons. The van der Waals surface area contributed by atoms with Crippen LogP contribution in [0.25, 0.3) is 0 Å². The summed E-state index contributed by atoms with van der Waals surface area (Å²) in [6.45, 7) is 4.26. The maximum Gasteiger partial charge on any atom is 0.0529 e. The topological polar surface area (TPSA) is 24.9 Å². The Morgan fingerprint density at radius 1 is 1.46 bits per heavy atom. The molecule has 1 saturated carbocycles. The maximum absolute atomic E-state index is 4.25. The first-order chi connectivity index (χ1) is 6.25. The van der Waals surface area contributed by atoms with Crippen LogP contribution in [0.4, 0.5) is 5.69 Å². The molecule has 1 aromatic heterocycles. The summed E-state index contributed by atoms with van der Waals surface area (Å²) in [5, 5.41) is 3.47. The van der Waals surface area contributed by atoms with Crippen LogP contribution in [-0.4, -0.2) is 11.0 Å². The van der Waals surface area contributed by atoms with E-state index < -0.39 is 0 Å². The van der Waals surface area contributed by atoms with E-state index in [2.05, 4.69) is 23.3 Å². The van der Waals surface area contributed by atoms with Crippen molar-refractivity contribution >= 4 is 5.69 Å². The van der Waals surface area contributed by atoms with Gasteiger partial charge in [0.25, 0.3) is 0 Å². The van der Waals surface area contributed by atoms with Crippen LogP contribution >= 0.6 is 0 Å². The molecule has 1 unspecified atom stereocenters. The molecule has 1 aliphatic rings. The molecule has 2 rings (SSSR count). The molecule has 2 nitrogen and oxygen atoms in total. The van der Waals surface area contributed by atoms with Gasteiger partial charge in [0.1, 0.15) is 0 Å². The SMILES string of the molecule is Cc1ccc(NC(C)C2CC2)cn1. The van der Waals surface area contributed by atoms with Crippen molar-refractivity contribution in [2.24, 2.45) is 5.92 Å². The predicted octanol–water partition coefficient (Wildman–Crippen LogP) is 2.60. The largest absolute Gasteiger partial charge is 0.381 e. The first-order valence-corrected chi connectivity index (χ1v) is 4.95. The molecule has 1 heterocycles. The fraction of sp³-hybridized carbons (Fsp3) is 0.545. The van der Waals surface area contributed by atoms with Gasteiger partial charge in [-0.05, 0) is 44.7 Å². The van der Waals surface area contributed by atoms with Crippen LogP contribution in [-0.2, 0) is 0 Å². The number of hydrogen-bond donors (Lipinski definition) is 1. The molecular weight excluding hydrogens is 160 g/mol. The first-order valence-electron chi connectivity index (χ1n) is 4.95. The van der Waals surface area contributed by atoms with Gasteiger partial charge in [-0.25, -0.2) is 0 Å². The molecule has 0 amide bonds. The molecule has 0 aliphatic heterocycles. The number of pyridine rings is 1. The van der Waals surface area contributed by atoms with Crippen LogP contribution < -0.4 is 5.32 Å². The van der Waals surface area contributed by atoms with Gasteiger partial charge in [0.15, 0.2) is 0 Å². The van der Waals surface area contributed by atoms with Crippen molar-refractivity contribution in [2.45, 2.75) is 32.7 Å². The third kappa shape index (κ3) is 2.20. The van der Waals surface area contributed by atoms with E-state index in [0.29, 0.717) is 6.04 Å². The molecule has 70 valence electrons. The molecular formula is C11H16N2. The minimum atomic E-state index is 0.601. The van der Waals surface area contributed by atoms with Crippen LogP contribution in [0.1, 0.15) is 25.5 Å². The van der Waals surface area contributed by atoms with E-state index in [4.69, 9.17) is 0 Å². The molecule has 0 saturated heterocycles. The molecule has 0 spiro atoms. The van der Waals surface area contributed by atoms with Crippen LogP contribution in [0, 0.1) is 12.8 Å². The third-order valence-corrected chi connectivity index (χ3v) is 2.63. The second-order valence-corrected chi connectivity index (χ2v) is 3.96. The molecule has 1 N–H and O–H groups in total. The molecule has 1 aromatic rings. The van der Waals surface area contributed by atoms with Crippen LogP contribution in [0.15, 0.2) is 18.3 Å². The van der Waals surface area contributed by atoms with Gasteiger partial charge in [0, 0.05) is 11.7 Å². The van der Waals surface area contributed by atoms with E-state index in [1.807, 2.05) is 19.2 Å². The number of hydrogen-bond acceptors (Lipinski definition) is 2. The summed E-state index contributed by atoms with van der Waals surface area (Å²) < 4.78 is 0. The molecule has 0 aromatic carbocycles. The highest BCUT2D eigenvalue weighted by molar-refractivity contribution is 5.42. The van der Waals surface area contributed by atoms with Crippen molar-refractivity contribution in [3.05, 3.63) is 24.0 Å². The maximum atomic E-state index is 4.25. The van der Waals surface area contributed by atoms with Gasteiger partial charge in [-0.2, -0.15) is 0 Å². The summed E-state index contributed by atoms with van der Waals surface area (Å²) in [5.41, 5.74) is 2.22. The quantitative estimate of drug-likeness (QED) is 0.765. The Morgan fingerprint density at radius 2 is 2.23 bits per heavy atom. The average Bonchev–Trinajstić information content (AvgIpc) is 2.91. The Bertz CT molecular complexity index is 275. The van der Waals surface area contributed by atoms with E-state index in [1.54, 1.807) is 0 Å². The molecule has 1 fully saturated rings. The molecule has 1 aliphatic carbocycles. The lowest BCUT2D eigenvalue weighted by Crippen LogP contribution is -2.17. The van der Waals surface area contributed by atoms with Gasteiger partial charge in [-0.3, -0.25) is 4.98 Å². The Kier molecular flexibility index (Phi) is 2.21. The number of nitrogens with zero attached hydrogens (tertiary/aromatic N) is 1. The zero-order chi connectivity index (χ0) is 9.26. The summed E-state index contributed by atoms with van der Waals surface area (Å²) in [4.78, 5) is 4.25. The highest BCUT2D eigenvalue weighted by Gasteiger charge is 2.27. The average molecular weight is 176 g/mol. The third-order valence-electron chi connectivity index (χ3n) is 2.63. The van der Waals surface area contributed by atoms with Crippen molar-refractivity contribution in [3.63, 3.8) is 0 Å². The second kappa shape index (κ2) is 3.36. The Labute approximate surface area is 79.4 Å². The van der Waals surface area contributed by atoms with E-state index in [0.717, 1.165) is 17.3 Å². The standard InChI is InChI=1S/C11H16N2/c1-8-3-6-11(7-12-8)13-9(2)10-4-5-10/h3,6-7,9-10,13H,4-5H2,1-2H3. The van der Waals surface area contributed by atoms with Crippen molar-refractivity contribution in [2.75, 3.05) is 5.32 Å². The molecule has 2 heteroatoms. The van der Waals surface area contributed by atoms with Gasteiger partial charge in [-0.15, -0.1) is 0 Å². The fourth-order valence-corrected chi connectivity index (χ4v) is 1.53. The van der Waals surface area contributed by atoms with Crippen molar-refractivity contribution in [3.8, 4) is 0 Å². The lowest BCUT2D eigenvalue weighted by Gasteiger charge is -2.13. The number of anilines is 1. The summed E-state index contributed by atoms with van der Waals surface area (Å²) in [7, 11) is 0. The summed E-state index contributed by atoms with van der Waals surface area (Å²) >= 11 is 0. The zero-order valence-electron chi connectivity index (χ0n) is 8.25. The zero-order valence-corrected chi connectivity index (χ0v) is 8.25. The van der Waals surface area contributed by atoms with Gasteiger partial charge < -0.3 is 5.32 Å². The Hall–Kier alpha value is -1.05. The minimum Gasteiger partial charge on any atom is -0.381 e. The monoisotopic (exact) mass is 176 g/mol. The summed E-state index contributed by atoms with van der Waals surface area (Å²) in [6.07, 6.45) is 4.68. The van der Waals surface area contributed by atoms with E-state index in [1.165, 1.54) is 12.8 Å². The summed E-state index contributed by atoms with van der Waals surface area (Å²) in [6, 6.07) is 4.74. The van der Waals surface area contributed by atoms with E-state index >= 15 is 0 Å². The van der Waals surface area contributed by atoms with Crippen LogP contribution in [0.5, 0.6) is 0 Å². The van der Waals surface area contributed by atoms with E-state index in [-0.39, 0.29) is 0 Å². The highest BCUT2D eigenvalue weighted by atomic mass is 14.9. The van der Waals surface area contributed by atoms with Crippen molar-refractivity contribution < 1.29 is 0 Å². The predicted molar refractivity (Wildman–Crippen MR) is 54.8 cm³/mol. The van der Waals surface area contributed by atoms with Gasteiger partial charge in [0.2, 0.25) is 0 Å². The van der Waals surface area contributed by atoms with Gasteiger partial charge in [-0.1, -0.05) is 0 Å². The molecule has 13 heavy (non-hydrogen) atoms. The highest BCUT2D eigenvalue weighted by Crippen LogP contribution is 2.33. The number of aryl methyl sites for hydroxylation is 1. The van der Waals surface area contributed by atoms with Gasteiger partial charge in [0.05, 0.1) is 11.9 Å². The smallest absolute Gasteiger partial charge is 0.0529 e.